The van der Waals surface area contributed by atoms with E-state index in [9.17, 15) is 9.59 Å². The van der Waals surface area contributed by atoms with E-state index in [0.717, 1.165) is 30.5 Å². The van der Waals surface area contributed by atoms with Crippen molar-refractivity contribution < 1.29 is 9.59 Å². The first-order chi connectivity index (χ1) is 9.99. The van der Waals surface area contributed by atoms with Gasteiger partial charge in [0.05, 0.1) is 0 Å². The van der Waals surface area contributed by atoms with Gasteiger partial charge in [0.1, 0.15) is 0 Å². The molecule has 1 aliphatic carbocycles. The van der Waals surface area contributed by atoms with Gasteiger partial charge in [0, 0.05) is 24.7 Å². The van der Waals surface area contributed by atoms with Crippen LogP contribution in [0.3, 0.4) is 0 Å². The Morgan fingerprint density at radius 2 is 2.05 bits per heavy atom. The summed E-state index contributed by atoms with van der Waals surface area (Å²) in [6.45, 7) is 2.44. The lowest BCUT2D eigenvalue weighted by atomic mass is 9.66. The largest absolute Gasteiger partial charge is 0.355 e. The van der Waals surface area contributed by atoms with E-state index < -0.39 is 0 Å². The Hall–Kier alpha value is -1.88. The van der Waals surface area contributed by atoms with Crippen LogP contribution in [0.15, 0.2) is 18.2 Å². The molecular weight excluding hydrogens is 266 g/mol. The maximum atomic E-state index is 12.2. The third kappa shape index (κ3) is 3.42. The summed E-state index contributed by atoms with van der Waals surface area (Å²) < 4.78 is 0. The highest BCUT2D eigenvalue weighted by Gasteiger charge is 2.37. The van der Waals surface area contributed by atoms with Gasteiger partial charge in [0.2, 0.25) is 5.91 Å². The molecule has 0 bridgehead atoms. The second-order valence-corrected chi connectivity index (χ2v) is 5.89. The molecule has 2 amide bonds. The minimum absolute atomic E-state index is 0.0000251. The number of nitrogens with two attached hydrogens (primary N) is 1. The summed E-state index contributed by atoms with van der Waals surface area (Å²) in [7, 11) is 1.60. The predicted octanol–water partition coefficient (Wildman–Crippen LogP) is 1.81. The van der Waals surface area contributed by atoms with E-state index in [2.05, 4.69) is 10.6 Å². The summed E-state index contributed by atoms with van der Waals surface area (Å²) in [6.07, 6.45) is 3.70. The molecule has 0 spiro atoms. The summed E-state index contributed by atoms with van der Waals surface area (Å²) in [5, 5.41) is 5.51. The predicted molar refractivity (Wildman–Crippen MR) is 83.2 cm³/mol. The molecule has 4 N–H and O–H groups in total. The number of carbonyl (C=O) groups excluding carboxylic acids is 2. The van der Waals surface area contributed by atoms with Crippen LogP contribution in [0.2, 0.25) is 0 Å². The van der Waals surface area contributed by atoms with E-state index in [0.29, 0.717) is 18.5 Å². The highest BCUT2D eigenvalue weighted by atomic mass is 16.2. The van der Waals surface area contributed by atoms with Gasteiger partial charge in [-0.1, -0.05) is 6.42 Å². The quantitative estimate of drug-likeness (QED) is 0.773. The Balaban J connectivity index is 2.02. The molecule has 0 unspecified atom stereocenters. The standard InChI is InChI=1S/C16H23N3O2/c1-11-8-12(15(21)18-2)4-5-13(11)19-14(20)9-16(10-17)6-3-7-16/h4-5,8H,3,6-7,9-10,17H2,1-2H3,(H,18,21)(H,19,20). The van der Waals surface area contributed by atoms with Crippen LogP contribution in [0.4, 0.5) is 5.69 Å². The SMILES string of the molecule is CNC(=O)c1ccc(NC(=O)CC2(CN)CCC2)c(C)c1. The van der Waals surface area contributed by atoms with Gasteiger partial charge in [-0.3, -0.25) is 9.59 Å². The maximum absolute atomic E-state index is 12.2. The van der Waals surface area contributed by atoms with Crippen LogP contribution < -0.4 is 16.4 Å². The highest BCUT2D eigenvalue weighted by molar-refractivity contribution is 5.96. The van der Waals surface area contributed by atoms with Crippen LogP contribution in [0.25, 0.3) is 0 Å². The Morgan fingerprint density at radius 3 is 2.52 bits per heavy atom. The van der Waals surface area contributed by atoms with Crippen molar-refractivity contribution in [3.8, 4) is 0 Å². The molecular formula is C16H23N3O2. The number of hydrogen-bond donors (Lipinski definition) is 3. The molecule has 1 aromatic rings. The summed E-state index contributed by atoms with van der Waals surface area (Å²) in [5.41, 5.74) is 8.00. The van der Waals surface area contributed by atoms with Crippen molar-refractivity contribution in [2.24, 2.45) is 11.1 Å². The maximum Gasteiger partial charge on any atom is 0.251 e. The van der Waals surface area contributed by atoms with Crippen molar-refractivity contribution in [1.82, 2.24) is 5.32 Å². The van der Waals surface area contributed by atoms with Gasteiger partial charge in [0.15, 0.2) is 0 Å². The summed E-state index contributed by atoms with van der Waals surface area (Å²) in [4.78, 5) is 23.7. The van der Waals surface area contributed by atoms with Gasteiger partial charge in [-0.15, -0.1) is 0 Å². The Kier molecular flexibility index (Phi) is 4.63. The zero-order valence-electron chi connectivity index (χ0n) is 12.7. The Morgan fingerprint density at radius 1 is 1.33 bits per heavy atom. The Bertz CT molecular complexity index is 545. The van der Waals surface area contributed by atoms with E-state index in [1.54, 1.807) is 25.2 Å². The minimum atomic E-state index is -0.132. The van der Waals surface area contributed by atoms with Crippen molar-refractivity contribution in [3.05, 3.63) is 29.3 Å². The molecule has 0 aromatic heterocycles. The molecule has 0 heterocycles. The molecule has 0 aliphatic heterocycles. The van der Waals surface area contributed by atoms with E-state index >= 15 is 0 Å². The van der Waals surface area contributed by atoms with Crippen LogP contribution in [-0.4, -0.2) is 25.4 Å². The number of carbonyl (C=O) groups is 2. The van der Waals surface area contributed by atoms with Crippen LogP contribution in [0.1, 0.15) is 41.6 Å². The normalized spacial score (nSPS) is 16.0. The number of hydrogen-bond acceptors (Lipinski definition) is 3. The molecule has 1 aromatic carbocycles. The van der Waals surface area contributed by atoms with E-state index in [1.807, 2.05) is 6.92 Å². The second kappa shape index (κ2) is 6.26. The molecule has 1 saturated carbocycles. The van der Waals surface area contributed by atoms with Gasteiger partial charge in [-0.25, -0.2) is 0 Å². The fraction of sp³-hybridized carbons (Fsp3) is 0.500. The molecule has 5 nitrogen and oxygen atoms in total. The summed E-state index contributed by atoms with van der Waals surface area (Å²) in [5.74, 6) is -0.136. The molecule has 1 aliphatic rings. The average Bonchev–Trinajstić information content (AvgIpc) is 2.44. The van der Waals surface area contributed by atoms with Gasteiger partial charge < -0.3 is 16.4 Å². The third-order valence-corrected chi connectivity index (χ3v) is 4.37. The highest BCUT2D eigenvalue weighted by Crippen LogP contribution is 2.43. The fourth-order valence-corrected chi connectivity index (χ4v) is 2.75. The summed E-state index contributed by atoms with van der Waals surface area (Å²) in [6, 6.07) is 5.26. The van der Waals surface area contributed by atoms with Gasteiger partial charge in [-0.05, 0) is 55.5 Å². The zero-order chi connectivity index (χ0) is 15.5. The van der Waals surface area contributed by atoms with Gasteiger partial charge >= 0.3 is 0 Å². The van der Waals surface area contributed by atoms with Crippen LogP contribution in [-0.2, 0) is 4.79 Å². The number of benzene rings is 1. The molecule has 5 heteroatoms. The second-order valence-electron chi connectivity index (χ2n) is 5.89. The topological polar surface area (TPSA) is 84.2 Å². The number of aryl methyl sites for hydroxylation is 1. The fourth-order valence-electron chi connectivity index (χ4n) is 2.75. The van der Waals surface area contributed by atoms with Crippen molar-refractivity contribution >= 4 is 17.5 Å². The third-order valence-electron chi connectivity index (χ3n) is 4.37. The average molecular weight is 289 g/mol. The molecule has 0 saturated heterocycles. The van der Waals surface area contributed by atoms with Crippen LogP contribution >= 0.6 is 0 Å². The molecule has 0 radical (unpaired) electrons. The lowest BCUT2D eigenvalue weighted by Crippen LogP contribution is -2.40. The zero-order valence-corrected chi connectivity index (χ0v) is 12.7. The number of nitrogens with one attached hydrogen (secondary N) is 2. The first-order valence-corrected chi connectivity index (χ1v) is 7.32. The van der Waals surface area contributed by atoms with E-state index in [4.69, 9.17) is 5.73 Å². The van der Waals surface area contributed by atoms with Crippen LogP contribution in [0, 0.1) is 12.3 Å². The molecule has 0 atom stereocenters. The number of anilines is 1. The van der Waals surface area contributed by atoms with E-state index in [1.165, 1.54) is 0 Å². The Labute approximate surface area is 125 Å². The van der Waals surface area contributed by atoms with Crippen molar-refractivity contribution in [3.63, 3.8) is 0 Å². The van der Waals surface area contributed by atoms with Crippen molar-refractivity contribution in [2.45, 2.75) is 32.6 Å². The summed E-state index contributed by atoms with van der Waals surface area (Å²) >= 11 is 0. The minimum Gasteiger partial charge on any atom is -0.355 e. The molecule has 1 fully saturated rings. The smallest absolute Gasteiger partial charge is 0.251 e. The van der Waals surface area contributed by atoms with Crippen LogP contribution in [0.5, 0.6) is 0 Å². The van der Waals surface area contributed by atoms with Gasteiger partial charge in [0.25, 0.3) is 5.91 Å². The van der Waals surface area contributed by atoms with Crippen molar-refractivity contribution in [2.75, 3.05) is 18.9 Å². The first kappa shape index (κ1) is 15.5. The monoisotopic (exact) mass is 289 g/mol. The van der Waals surface area contributed by atoms with Gasteiger partial charge in [-0.2, -0.15) is 0 Å². The molecule has 114 valence electrons. The van der Waals surface area contributed by atoms with E-state index in [-0.39, 0.29) is 17.2 Å². The molecule has 21 heavy (non-hydrogen) atoms. The first-order valence-electron chi connectivity index (χ1n) is 7.32. The lowest BCUT2D eigenvalue weighted by Gasteiger charge is -2.40. The number of rotatable bonds is 5. The van der Waals surface area contributed by atoms with Crippen molar-refractivity contribution in [1.29, 1.82) is 0 Å². The molecule has 2 rings (SSSR count). The number of amides is 2. The lowest BCUT2D eigenvalue weighted by molar-refractivity contribution is -0.119.